The molecule has 2 aliphatic heterocycles. The van der Waals surface area contributed by atoms with Crippen LogP contribution < -0.4 is 0 Å². The van der Waals surface area contributed by atoms with Crippen LogP contribution in [0.25, 0.3) is 0 Å². The minimum atomic E-state index is -0.161. The predicted octanol–water partition coefficient (Wildman–Crippen LogP) is 1.94. The van der Waals surface area contributed by atoms with E-state index in [4.69, 9.17) is 4.74 Å². The van der Waals surface area contributed by atoms with Crippen molar-refractivity contribution >= 4 is 6.09 Å². The molecule has 1 amide bonds. The fraction of sp³-hybridized carbons (Fsp3) is 0.923. The number of amides is 1. The quantitative estimate of drug-likeness (QED) is 0.739. The summed E-state index contributed by atoms with van der Waals surface area (Å²) in [4.78, 5) is 16.3. The Balaban J connectivity index is 2.19. The van der Waals surface area contributed by atoms with Crippen molar-refractivity contribution in [2.24, 2.45) is 5.92 Å². The van der Waals surface area contributed by atoms with Crippen LogP contribution in [0.2, 0.25) is 0 Å². The number of hydrogen-bond acceptors (Lipinski definition) is 3. The second kappa shape index (κ2) is 4.48. The Kier molecular flexibility index (Phi) is 3.34. The number of methoxy groups -OCH3 is 1. The second-order valence-electron chi connectivity index (χ2n) is 5.85. The van der Waals surface area contributed by atoms with Gasteiger partial charge in [-0.2, -0.15) is 0 Å². The average molecular weight is 240 g/mol. The van der Waals surface area contributed by atoms with Crippen LogP contribution >= 0.6 is 0 Å². The van der Waals surface area contributed by atoms with Gasteiger partial charge in [-0.25, -0.2) is 4.79 Å². The second-order valence-corrected chi connectivity index (χ2v) is 5.85. The summed E-state index contributed by atoms with van der Waals surface area (Å²) in [5.74, 6) is 0.569. The van der Waals surface area contributed by atoms with Gasteiger partial charge >= 0.3 is 6.09 Å². The Labute approximate surface area is 104 Å². The molecule has 2 heterocycles. The van der Waals surface area contributed by atoms with Crippen molar-refractivity contribution in [3.63, 3.8) is 0 Å². The van der Waals surface area contributed by atoms with Crippen LogP contribution in [0.15, 0.2) is 0 Å². The molecule has 4 heteroatoms. The summed E-state index contributed by atoms with van der Waals surface area (Å²) in [7, 11) is 1.47. The first-order chi connectivity index (χ1) is 7.97. The summed E-state index contributed by atoms with van der Waals surface area (Å²) in [5, 5.41) is 0. The summed E-state index contributed by atoms with van der Waals surface area (Å²) in [5.41, 5.74) is 0. The lowest BCUT2D eigenvalue weighted by Gasteiger charge is -2.44. The lowest BCUT2D eigenvalue weighted by Crippen LogP contribution is -2.58. The number of piperazine rings is 1. The van der Waals surface area contributed by atoms with E-state index in [1.165, 1.54) is 7.11 Å². The van der Waals surface area contributed by atoms with Gasteiger partial charge in [0.05, 0.1) is 13.2 Å². The van der Waals surface area contributed by atoms with Crippen molar-refractivity contribution in [1.29, 1.82) is 0 Å². The highest BCUT2D eigenvalue weighted by Gasteiger charge is 2.53. The first-order valence-corrected chi connectivity index (χ1v) is 6.59. The zero-order valence-electron chi connectivity index (χ0n) is 11.5. The molecule has 4 nitrogen and oxygen atoms in total. The zero-order chi connectivity index (χ0) is 12.7. The lowest BCUT2D eigenvalue weighted by atomic mass is 9.96. The van der Waals surface area contributed by atoms with E-state index in [1.54, 1.807) is 0 Å². The van der Waals surface area contributed by atoms with Gasteiger partial charge in [0.2, 0.25) is 0 Å². The third-order valence-corrected chi connectivity index (χ3v) is 4.17. The molecule has 0 saturated carbocycles. The first kappa shape index (κ1) is 12.7. The highest BCUT2D eigenvalue weighted by Crippen LogP contribution is 2.40. The molecule has 2 rings (SSSR count). The number of hydrogen-bond donors (Lipinski definition) is 0. The van der Waals surface area contributed by atoms with E-state index in [1.807, 2.05) is 4.90 Å². The van der Waals surface area contributed by atoms with Crippen molar-refractivity contribution in [2.75, 3.05) is 13.7 Å². The monoisotopic (exact) mass is 240 g/mol. The van der Waals surface area contributed by atoms with E-state index in [2.05, 4.69) is 32.6 Å². The lowest BCUT2D eigenvalue weighted by molar-refractivity contribution is 0.0231. The highest BCUT2D eigenvalue weighted by atomic mass is 16.5. The maximum atomic E-state index is 11.7. The molecule has 3 atom stereocenters. The number of fused-ring (bicyclic) bond motifs is 2. The third kappa shape index (κ3) is 1.92. The average Bonchev–Trinajstić information content (AvgIpc) is 2.84. The van der Waals surface area contributed by atoms with Crippen molar-refractivity contribution in [1.82, 2.24) is 9.80 Å². The molecule has 2 unspecified atom stereocenters. The Hall–Kier alpha value is -0.770. The van der Waals surface area contributed by atoms with Crippen LogP contribution in [0.5, 0.6) is 0 Å². The van der Waals surface area contributed by atoms with Gasteiger partial charge in [-0.15, -0.1) is 0 Å². The van der Waals surface area contributed by atoms with E-state index >= 15 is 0 Å². The Morgan fingerprint density at radius 1 is 1.29 bits per heavy atom. The first-order valence-electron chi connectivity index (χ1n) is 6.59. The van der Waals surface area contributed by atoms with Gasteiger partial charge in [-0.05, 0) is 26.2 Å². The van der Waals surface area contributed by atoms with Gasteiger partial charge in [0.1, 0.15) is 0 Å². The van der Waals surface area contributed by atoms with Gasteiger partial charge in [-0.1, -0.05) is 13.8 Å². The van der Waals surface area contributed by atoms with E-state index in [0.717, 1.165) is 13.0 Å². The number of carbonyl (C=O) groups is 1. The van der Waals surface area contributed by atoms with Gasteiger partial charge in [0, 0.05) is 24.7 Å². The molecular weight excluding hydrogens is 216 g/mol. The molecule has 0 radical (unpaired) electrons. The molecule has 17 heavy (non-hydrogen) atoms. The number of nitrogens with zero attached hydrogens (tertiary/aromatic N) is 2. The molecule has 0 N–H and O–H groups in total. The molecule has 0 aliphatic carbocycles. The van der Waals surface area contributed by atoms with Gasteiger partial charge < -0.3 is 9.64 Å². The standard InChI is InChI=1S/C13H24N2O2/c1-8(2)12-11-6-10(15(12)9(3)4)7-14(11)13(16)17-5/h8-12H,6-7H2,1-5H3/t10?,11?,12-/m1/s1. The van der Waals surface area contributed by atoms with Crippen LogP contribution in [-0.4, -0.2) is 53.7 Å². The number of rotatable bonds is 2. The van der Waals surface area contributed by atoms with Gasteiger partial charge in [0.15, 0.2) is 0 Å². The summed E-state index contributed by atoms with van der Waals surface area (Å²) in [6, 6.07) is 1.89. The minimum Gasteiger partial charge on any atom is -0.453 e. The van der Waals surface area contributed by atoms with Crippen molar-refractivity contribution < 1.29 is 9.53 Å². The number of likely N-dealkylation sites (tertiary alicyclic amines) is 2. The van der Waals surface area contributed by atoms with E-state index < -0.39 is 0 Å². The number of carbonyl (C=O) groups excluding carboxylic acids is 1. The maximum absolute atomic E-state index is 11.7. The summed E-state index contributed by atoms with van der Waals surface area (Å²) in [6.45, 7) is 9.82. The fourth-order valence-corrected chi connectivity index (χ4v) is 3.71. The number of ether oxygens (including phenoxy) is 1. The molecule has 2 fully saturated rings. The smallest absolute Gasteiger partial charge is 0.409 e. The van der Waals surface area contributed by atoms with Crippen LogP contribution in [0, 0.1) is 5.92 Å². The normalized spacial score (nSPS) is 32.9. The van der Waals surface area contributed by atoms with E-state index in [-0.39, 0.29) is 6.09 Å². The Morgan fingerprint density at radius 2 is 1.94 bits per heavy atom. The summed E-state index contributed by atoms with van der Waals surface area (Å²) >= 11 is 0. The Bertz CT molecular complexity index is 304. The predicted molar refractivity (Wildman–Crippen MR) is 66.9 cm³/mol. The zero-order valence-corrected chi connectivity index (χ0v) is 11.5. The molecule has 2 aliphatic rings. The largest absolute Gasteiger partial charge is 0.453 e. The van der Waals surface area contributed by atoms with Crippen LogP contribution in [0.4, 0.5) is 4.79 Å². The molecule has 2 bridgehead atoms. The topological polar surface area (TPSA) is 32.8 Å². The fourth-order valence-electron chi connectivity index (χ4n) is 3.71. The molecule has 0 aromatic carbocycles. The minimum absolute atomic E-state index is 0.161. The maximum Gasteiger partial charge on any atom is 0.409 e. The summed E-state index contributed by atoms with van der Waals surface area (Å²) < 4.78 is 4.88. The van der Waals surface area contributed by atoms with Crippen LogP contribution in [0.1, 0.15) is 34.1 Å². The molecule has 0 aromatic rings. The van der Waals surface area contributed by atoms with Crippen LogP contribution in [-0.2, 0) is 4.74 Å². The summed E-state index contributed by atoms with van der Waals surface area (Å²) in [6.07, 6.45) is 0.947. The van der Waals surface area contributed by atoms with Gasteiger partial charge in [-0.3, -0.25) is 4.90 Å². The molecular formula is C13H24N2O2. The molecule has 98 valence electrons. The Morgan fingerprint density at radius 3 is 2.41 bits per heavy atom. The third-order valence-electron chi connectivity index (χ3n) is 4.17. The molecule has 0 spiro atoms. The van der Waals surface area contributed by atoms with Crippen molar-refractivity contribution in [3.8, 4) is 0 Å². The van der Waals surface area contributed by atoms with Gasteiger partial charge in [0.25, 0.3) is 0 Å². The SMILES string of the molecule is COC(=O)N1CC2CC1[C@@H](C(C)C)N2C(C)C. The highest BCUT2D eigenvalue weighted by molar-refractivity contribution is 5.69. The van der Waals surface area contributed by atoms with E-state index in [9.17, 15) is 4.79 Å². The van der Waals surface area contributed by atoms with Crippen LogP contribution in [0.3, 0.4) is 0 Å². The van der Waals surface area contributed by atoms with Crippen molar-refractivity contribution in [2.45, 2.75) is 58.3 Å². The molecule has 2 saturated heterocycles. The van der Waals surface area contributed by atoms with E-state index in [0.29, 0.717) is 30.1 Å². The molecule has 0 aromatic heterocycles. The van der Waals surface area contributed by atoms with Crippen molar-refractivity contribution in [3.05, 3.63) is 0 Å².